The summed E-state index contributed by atoms with van der Waals surface area (Å²) < 4.78 is 22.0. The molecule has 3 nitrogen and oxygen atoms in total. The Balaban J connectivity index is 3.24. The minimum absolute atomic E-state index is 0.382. The van der Waals surface area contributed by atoms with Crippen molar-refractivity contribution in [3.63, 3.8) is 0 Å². The van der Waals surface area contributed by atoms with E-state index in [1.165, 1.54) is 44.9 Å². The number of rotatable bonds is 11. The molecule has 104 valence electrons. The van der Waals surface area contributed by atoms with Gasteiger partial charge in [-0.1, -0.05) is 64.7 Å². The number of unbranched alkanes of at least 4 members (excludes halogenated alkanes) is 8. The van der Waals surface area contributed by atoms with Crippen molar-refractivity contribution in [3.05, 3.63) is 0 Å². The largest absolute Gasteiger partial charge is 0.228 e. The van der Waals surface area contributed by atoms with Crippen molar-refractivity contribution >= 4 is 10.0 Å². The van der Waals surface area contributed by atoms with Crippen molar-refractivity contribution < 1.29 is 8.42 Å². The summed E-state index contributed by atoms with van der Waals surface area (Å²) in [5.74, 6) is 0. The summed E-state index contributed by atoms with van der Waals surface area (Å²) in [5.41, 5.74) is 0. The summed E-state index contributed by atoms with van der Waals surface area (Å²) in [5, 5.41) is 4.68. The molecule has 0 radical (unpaired) electrons. The van der Waals surface area contributed by atoms with Crippen LogP contribution in [0.2, 0.25) is 0 Å². The van der Waals surface area contributed by atoms with E-state index >= 15 is 0 Å². The van der Waals surface area contributed by atoms with Gasteiger partial charge in [-0.3, -0.25) is 0 Å². The molecule has 0 fully saturated rings. The topological polar surface area (TPSA) is 60.2 Å². The van der Waals surface area contributed by atoms with Crippen molar-refractivity contribution in [2.45, 2.75) is 83.3 Å². The van der Waals surface area contributed by atoms with Crippen molar-refractivity contribution in [3.8, 4) is 0 Å². The monoisotopic (exact) mass is 263 g/mol. The van der Waals surface area contributed by atoms with Gasteiger partial charge >= 0.3 is 0 Å². The first-order chi connectivity index (χ1) is 7.98. The molecule has 0 saturated carbocycles. The molecule has 0 aliphatic carbocycles. The Kier molecular flexibility index (Phi) is 9.84. The normalized spacial score (nSPS) is 13.8. The molecule has 1 atom stereocenters. The van der Waals surface area contributed by atoms with E-state index in [0.29, 0.717) is 6.42 Å². The van der Waals surface area contributed by atoms with Gasteiger partial charge in [-0.15, -0.1) is 0 Å². The number of hydrogen-bond donors (Lipinski definition) is 1. The lowest BCUT2D eigenvalue weighted by Crippen LogP contribution is -2.25. The van der Waals surface area contributed by atoms with E-state index in [2.05, 4.69) is 6.92 Å². The summed E-state index contributed by atoms with van der Waals surface area (Å²) in [4.78, 5) is 0. The predicted octanol–water partition coefficient (Wildman–Crippen LogP) is 3.58. The van der Waals surface area contributed by atoms with Gasteiger partial charge in [0.25, 0.3) is 0 Å². The highest BCUT2D eigenvalue weighted by Crippen LogP contribution is 2.12. The zero-order valence-corrected chi connectivity index (χ0v) is 12.3. The fourth-order valence-corrected chi connectivity index (χ4v) is 2.40. The van der Waals surface area contributed by atoms with Crippen LogP contribution >= 0.6 is 0 Å². The predicted molar refractivity (Wildman–Crippen MR) is 74.4 cm³/mol. The van der Waals surface area contributed by atoms with Gasteiger partial charge in [-0.25, -0.2) is 13.6 Å². The third-order valence-electron chi connectivity index (χ3n) is 3.28. The smallest absolute Gasteiger partial charge is 0.211 e. The molecule has 4 heteroatoms. The maximum Gasteiger partial charge on any atom is 0.211 e. The van der Waals surface area contributed by atoms with Gasteiger partial charge in [0.2, 0.25) is 10.0 Å². The second-order valence-corrected chi connectivity index (χ2v) is 7.00. The minimum atomic E-state index is -3.31. The summed E-state index contributed by atoms with van der Waals surface area (Å²) in [6.45, 7) is 3.92. The Bertz CT molecular complexity index is 263. The van der Waals surface area contributed by atoms with Crippen LogP contribution in [0, 0.1) is 0 Å². The average molecular weight is 263 g/mol. The molecule has 1 unspecified atom stereocenters. The molecule has 0 spiro atoms. The van der Waals surface area contributed by atoms with Crippen LogP contribution in [0.15, 0.2) is 0 Å². The minimum Gasteiger partial charge on any atom is -0.228 e. The Morgan fingerprint density at radius 3 is 1.71 bits per heavy atom. The van der Waals surface area contributed by atoms with Crippen molar-refractivity contribution in [1.29, 1.82) is 0 Å². The Labute approximate surface area is 107 Å². The maximum atomic E-state index is 11.0. The van der Waals surface area contributed by atoms with Crippen LogP contribution in [0.5, 0.6) is 0 Å². The molecule has 2 N–H and O–H groups in total. The van der Waals surface area contributed by atoms with Crippen molar-refractivity contribution in [1.82, 2.24) is 0 Å². The molecule has 0 aromatic rings. The number of nitrogens with two attached hydrogens (primary N) is 1. The first-order valence-electron chi connectivity index (χ1n) is 7.00. The Hall–Kier alpha value is -0.0900. The number of primary sulfonamides is 1. The lowest BCUT2D eigenvalue weighted by molar-refractivity contribution is 0.543. The third-order valence-corrected chi connectivity index (χ3v) is 4.63. The SMILES string of the molecule is CCCCCCCCCCCC(C)S(N)(=O)=O. The van der Waals surface area contributed by atoms with Gasteiger partial charge in [0, 0.05) is 0 Å². The van der Waals surface area contributed by atoms with E-state index in [0.717, 1.165) is 12.8 Å². The van der Waals surface area contributed by atoms with E-state index in [1.54, 1.807) is 6.92 Å². The van der Waals surface area contributed by atoms with Crippen LogP contribution in [0.25, 0.3) is 0 Å². The Morgan fingerprint density at radius 1 is 0.882 bits per heavy atom. The van der Waals surface area contributed by atoms with Gasteiger partial charge in [-0.2, -0.15) is 0 Å². The molecule has 0 aromatic heterocycles. The van der Waals surface area contributed by atoms with Crippen LogP contribution in [0.4, 0.5) is 0 Å². The van der Waals surface area contributed by atoms with E-state index in [9.17, 15) is 8.42 Å². The van der Waals surface area contributed by atoms with E-state index in [1.807, 2.05) is 0 Å². The Morgan fingerprint density at radius 2 is 1.29 bits per heavy atom. The summed E-state index contributed by atoms with van der Waals surface area (Å²) in [6, 6.07) is 0. The number of sulfonamides is 1. The fraction of sp³-hybridized carbons (Fsp3) is 1.00. The molecule has 0 aliphatic rings. The highest BCUT2D eigenvalue weighted by molar-refractivity contribution is 7.89. The summed E-state index contributed by atoms with van der Waals surface area (Å²) >= 11 is 0. The molecule has 17 heavy (non-hydrogen) atoms. The van der Waals surface area contributed by atoms with Crippen LogP contribution in [-0.2, 0) is 10.0 Å². The summed E-state index contributed by atoms with van der Waals surface area (Å²) in [7, 11) is -3.31. The average Bonchev–Trinajstić information content (AvgIpc) is 2.25. The zero-order chi connectivity index (χ0) is 13.1. The van der Waals surface area contributed by atoms with E-state index in [4.69, 9.17) is 5.14 Å². The van der Waals surface area contributed by atoms with Gasteiger partial charge in [0.15, 0.2) is 0 Å². The molecule has 0 heterocycles. The number of hydrogen-bond acceptors (Lipinski definition) is 2. The third kappa shape index (κ3) is 10.8. The van der Waals surface area contributed by atoms with Gasteiger partial charge in [0.1, 0.15) is 0 Å². The van der Waals surface area contributed by atoms with Crippen molar-refractivity contribution in [2.75, 3.05) is 0 Å². The first kappa shape index (κ1) is 16.9. The molecule has 0 aliphatic heterocycles. The quantitative estimate of drug-likeness (QED) is 0.579. The molecular formula is C13H29NO2S. The zero-order valence-electron chi connectivity index (χ0n) is 11.5. The molecule has 0 amide bonds. The second-order valence-electron chi connectivity index (χ2n) is 5.02. The van der Waals surface area contributed by atoms with E-state index < -0.39 is 10.0 Å². The molecule has 0 bridgehead atoms. The van der Waals surface area contributed by atoms with Crippen LogP contribution in [-0.4, -0.2) is 13.7 Å². The lowest BCUT2D eigenvalue weighted by Gasteiger charge is -2.08. The second kappa shape index (κ2) is 9.89. The van der Waals surface area contributed by atoms with Gasteiger partial charge in [0.05, 0.1) is 5.25 Å². The first-order valence-corrected chi connectivity index (χ1v) is 8.61. The van der Waals surface area contributed by atoms with Gasteiger partial charge < -0.3 is 0 Å². The van der Waals surface area contributed by atoms with Crippen molar-refractivity contribution in [2.24, 2.45) is 5.14 Å². The molecule has 0 saturated heterocycles. The van der Waals surface area contributed by atoms with Gasteiger partial charge in [-0.05, 0) is 13.3 Å². The highest BCUT2D eigenvalue weighted by Gasteiger charge is 2.14. The molecule has 0 rings (SSSR count). The lowest BCUT2D eigenvalue weighted by atomic mass is 10.1. The molecule has 0 aromatic carbocycles. The van der Waals surface area contributed by atoms with Crippen LogP contribution < -0.4 is 5.14 Å². The standard InChI is InChI=1S/C13H29NO2S/c1-3-4-5-6-7-8-9-10-11-12-13(2)17(14,15)16/h13H,3-12H2,1-2H3,(H2,14,15,16). The summed E-state index contributed by atoms with van der Waals surface area (Å²) in [6.07, 6.45) is 12.0. The van der Waals surface area contributed by atoms with Crippen LogP contribution in [0.3, 0.4) is 0 Å². The highest BCUT2D eigenvalue weighted by atomic mass is 32.2. The maximum absolute atomic E-state index is 11.0. The van der Waals surface area contributed by atoms with Crippen LogP contribution in [0.1, 0.15) is 78.1 Å². The van der Waals surface area contributed by atoms with E-state index in [-0.39, 0.29) is 5.25 Å². The molecular weight excluding hydrogens is 234 g/mol. The fourth-order valence-electron chi connectivity index (χ4n) is 1.91.